The highest BCUT2D eigenvalue weighted by Crippen LogP contribution is 2.33. The van der Waals surface area contributed by atoms with Gasteiger partial charge in [-0.3, -0.25) is 4.98 Å². The van der Waals surface area contributed by atoms with E-state index in [0.717, 1.165) is 78.3 Å². The van der Waals surface area contributed by atoms with Crippen molar-refractivity contribution in [1.82, 2.24) is 9.88 Å². The molecule has 1 aliphatic rings. The zero-order valence-electron chi connectivity index (χ0n) is 21.5. The third kappa shape index (κ3) is 7.62. The molecule has 38 heavy (non-hydrogen) atoms. The summed E-state index contributed by atoms with van der Waals surface area (Å²) in [6, 6.07) is 14.8. The maximum atomic E-state index is 12.7. The van der Waals surface area contributed by atoms with Gasteiger partial charge in [0.25, 0.3) is 0 Å². The highest BCUT2D eigenvalue weighted by Gasteiger charge is 2.30. The number of methoxy groups -OCH3 is 1. The van der Waals surface area contributed by atoms with Crippen molar-refractivity contribution in [1.29, 1.82) is 0 Å². The lowest BCUT2D eigenvalue weighted by Crippen LogP contribution is -2.42. The van der Waals surface area contributed by atoms with Crippen LogP contribution in [0, 0.1) is 11.8 Å². The normalized spacial score (nSPS) is 19.5. The van der Waals surface area contributed by atoms with Crippen LogP contribution < -0.4 is 4.74 Å². The molecular weight excluding hydrogens is 513 g/mol. The highest BCUT2D eigenvalue weighted by atomic mass is 32.2. The number of alkyl halides is 3. The van der Waals surface area contributed by atoms with Gasteiger partial charge in [0, 0.05) is 23.4 Å². The first-order valence-corrected chi connectivity index (χ1v) is 14.0. The second kappa shape index (κ2) is 13.2. The minimum atomic E-state index is -4.31. The van der Waals surface area contributed by atoms with E-state index in [0.29, 0.717) is 18.0 Å². The lowest BCUT2D eigenvalue weighted by Gasteiger charge is -2.38. The number of hydrogen-bond acceptors (Lipinski definition) is 6. The van der Waals surface area contributed by atoms with Crippen LogP contribution >= 0.6 is 11.8 Å². The van der Waals surface area contributed by atoms with Crippen molar-refractivity contribution >= 4 is 22.7 Å². The summed E-state index contributed by atoms with van der Waals surface area (Å²) in [5.74, 6) is 2.10. The average molecular weight is 549 g/mol. The Balaban J connectivity index is 1.20. The van der Waals surface area contributed by atoms with Gasteiger partial charge in [-0.15, -0.1) is 11.8 Å². The fraction of sp³-hybridized carbons (Fsp3) is 0.483. The van der Waals surface area contributed by atoms with E-state index in [1.807, 2.05) is 30.3 Å². The Bertz CT molecular complexity index is 1180. The summed E-state index contributed by atoms with van der Waals surface area (Å²) >= 11 is 1.56. The topological polar surface area (TPSA) is 65.8 Å². The monoisotopic (exact) mass is 548 g/mol. The number of halogens is 3. The number of aromatic nitrogens is 1. The number of ether oxygens (including phenoxy) is 1. The molecule has 1 saturated heterocycles. The molecular formula is C29H35F3N2O3S. The van der Waals surface area contributed by atoms with E-state index in [1.54, 1.807) is 18.9 Å². The molecule has 2 aromatic carbocycles. The summed E-state index contributed by atoms with van der Waals surface area (Å²) in [7, 11) is 1.63. The van der Waals surface area contributed by atoms with E-state index >= 15 is 0 Å². The van der Waals surface area contributed by atoms with Crippen molar-refractivity contribution in [2.45, 2.75) is 42.9 Å². The number of benzene rings is 2. The highest BCUT2D eigenvalue weighted by molar-refractivity contribution is 7.99. The van der Waals surface area contributed by atoms with Gasteiger partial charge in [-0.25, -0.2) is 0 Å². The van der Waals surface area contributed by atoms with Crippen LogP contribution in [0.15, 0.2) is 59.5 Å². The molecule has 2 N–H and O–H groups in total. The van der Waals surface area contributed by atoms with Crippen molar-refractivity contribution in [2.24, 2.45) is 11.8 Å². The molecule has 3 aromatic rings. The minimum Gasteiger partial charge on any atom is -0.497 e. The van der Waals surface area contributed by atoms with Gasteiger partial charge in [0.05, 0.1) is 30.0 Å². The number of pyridine rings is 1. The maximum Gasteiger partial charge on any atom is 0.416 e. The van der Waals surface area contributed by atoms with E-state index in [4.69, 9.17) is 4.74 Å². The Morgan fingerprint density at radius 2 is 1.89 bits per heavy atom. The van der Waals surface area contributed by atoms with Crippen molar-refractivity contribution < 1.29 is 28.1 Å². The van der Waals surface area contributed by atoms with Gasteiger partial charge in [-0.2, -0.15) is 13.2 Å². The molecule has 1 aliphatic heterocycles. The summed E-state index contributed by atoms with van der Waals surface area (Å²) in [5, 5.41) is 21.8. The zero-order chi connectivity index (χ0) is 27.1. The van der Waals surface area contributed by atoms with Gasteiger partial charge in [0.2, 0.25) is 0 Å². The molecule has 0 aliphatic carbocycles. The van der Waals surface area contributed by atoms with E-state index < -0.39 is 17.8 Å². The second-order valence-electron chi connectivity index (χ2n) is 9.90. The predicted octanol–water partition coefficient (Wildman–Crippen LogP) is 6.19. The van der Waals surface area contributed by atoms with Gasteiger partial charge in [0.1, 0.15) is 5.75 Å². The predicted molar refractivity (Wildman–Crippen MR) is 144 cm³/mol. The third-order valence-corrected chi connectivity index (χ3v) is 8.45. The fourth-order valence-corrected chi connectivity index (χ4v) is 5.95. The van der Waals surface area contributed by atoms with E-state index in [-0.39, 0.29) is 12.5 Å². The van der Waals surface area contributed by atoms with Gasteiger partial charge < -0.3 is 19.8 Å². The van der Waals surface area contributed by atoms with Crippen molar-refractivity contribution in [3.8, 4) is 5.75 Å². The summed E-state index contributed by atoms with van der Waals surface area (Å²) in [5.41, 5.74) is 0.855. The number of fused-ring (bicyclic) bond motifs is 1. The molecule has 1 fully saturated rings. The first-order valence-electron chi connectivity index (χ1n) is 13.0. The average Bonchev–Trinajstić information content (AvgIpc) is 2.93. The lowest BCUT2D eigenvalue weighted by atomic mass is 9.82. The molecule has 206 valence electrons. The zero-order valence-corrected chi connectivity index (χ0v) is 22.3. The number of likely N-dealkylation sites (tertiary alicyclic amines) is 1. The van der Waals surface area contributed by atoms with Gasteiger partial charge in [-0.05, 0) is 105 Å². The van der Waals surface area contributed by atoms with Crippen LogP contribution in [-0.4, -0.2) is 59.2 Å². The Morgan fingerprint density at radius 3 is 2.61 bits per heavy atom. The van der Waals surface area contributed by atoms with E-state index in [9.17, 15) is 23.4 Å². The molecule has 3 atom stereocenters. The van der Waals surface area contributed by atoms with E-state index in [1.165, 1.54) is 12.1 Å². The molecule has 0 spiro atoms. The van der Waals surface area contributed by atoms with Crippen molar-refractivity contribution in [3.63, 3.8) is 0 Å². The number of nitrogens with zero attached hydrogens (tertiary/aromatic N) is 2. The quantitative estimate of drug-likeness (QED) is 0.220. The smallest absolute Gasteiger partial charge is 0.416 e. The molecule has 4 rings (SSSR count). The first kappa shape index (κ1) is 28.7. The number of hydrogen-bond donors (Lipinski definition) is 2. The fourth-order valence-electron chi connectivity index (χ4n) is 5.12. The number of thioether (sulfide) groups is 1. The summed E-state index contributed by atoms with van der Waals surface area (Å²) in [6.07, 6.45) is -1.65. The van der Waals surface area contributed by atoms with Crippen molar-refractivity contribution in [3.05, 3.63) is 65.9 Å². The third-order valence-electron chi connectivity index (χ3n) is 7.35. The molecule has 0 bridgehead atoms. The Morgan fingerprint density at radius 1 is 1.11 bits per heavy atom. The van der Waals surface area contributed by atoms with Crippen LogP contribution in [0.25, 0.3) is 10.9 Å². The van der Waals surface area contributed by atoms with Crippen LogP contribution in [-0.2, 0) is 6.18 Å². The number of aliphatic hydroxyl groups is 2. The van der Waals surface area contributed by atoms with Crippen LogP contribution in [0.1, 0.15) is 43.0 Å². The summed E-state index contributed by atoms with van der Waals surface area (Å²) < 4.78 is 43.4. The minimum absolute atomic E-state index is 0.119. The van der Waals surface area contributed by atoms with Gasteiger partial charge in [-0.1, -0.05) is 6.07 Å². The SMILES string of the molecule is COc1ccc2nc(C(O)CC[C@@H]3CCN(CCCSc4ccc(C(F)(F)F)cc4)C[C@@H]3CO)ccc2c1. The molecule has 0 radical (unpaired) electrons. The standard InChI is InChI=1S/C29H35F3N2O3S/c1-37-24-7-11-26-21(17-24)3-10-27(33-26)28(36)12-4-20-13-15-34(18-22(20)19-35)14-2-16-38-25-8-5-23(6-9-25)29(30,31)32/h3,5-11,17,20,22,28,35-36H,2,4,12-16,18-19H2,1H3/t20-,22-,28?/m1/s1. The van der Waals surface area contributed by atoms with Crippen LogP contribution in [0.3, 0.4) is 0 Å². The van der Waals surface area contributed by atoms with Crippen LogP contribution in [0.2, 0.25) is 0 Å². The molecule has 1 unspecified atom stereocenters. The van der Waals surface area contributed by atoms with Crippen molar-refractivity contribution in [2.75, 3.05) is 39.1 Å². The summed E-state index contributed by atoms with van der Waals surface area (Å²) in [6.45, 7) is 2.77. The lowest BCUT2D eigenvalue weighted by molar-refractivity contribution is -0.137. The number of piperidine rings is 1. The molecule has 5 nitrogen and oxygen atoms in total. The molecule has 1 aromatic heterocycles. The second-order valence-corrected chi connectivity index (χ2v) is 11.1. The number of aliphatic hydroxyl groups excluding tert-OH is 2. The molecule has 0 saturated carbocycles. The first-order chi connectivity index (χ1) is 18.3. The largest absolute Gasteiger partial charge is 0.497 e. The molecule has 2 heterocycles. The van der Waals surface area contributed by atoms with E-state index in [2.05, 4.69) is 9.88 Å². The maximum absolute atomic E-state index is 12.7. The molecule has 0 amide bonds. The Kier molecular flexibility index (Phi) is 9.92. The Labute approximate surface area is 226 Å². The van der Waals surface area contributed by atoms with Gasteiger partial charge >= 0.3 is 6.18 Å². The molecule has 9 heteroatoms. The Hall–Kier alpha value is -2.33. The number of rotatable bonds is 11. The van der Waals surface area contributed by atoms with Crippen LogP contribution in [0.4, 0.5) is 13.2 Å². The van der Waals surface area contributed by atoms with Crippen LogP contribution in [0.5, 0.6) is 5.75 Å². The summed E-state index contributed by atoms with van der Waals surface area (Å²) in [4.78, 5) is 7.83. The van der Waals surface area contributed by atoms with Gasteiger partial charge in [0.15, 0.2) is 0 Å².